The molecule has 4 heterocycles. The number of fused-ring (bicyclic) bond motifs is 2. The van der Waals surface area contributed by atoms with Crippen LogP contribution in [0.2, 0.25) is 0 Å². The third-order valence-corrected chi connectivity index (χ3v) is 17.5. The summed E-state index contributed by atoms with van der Waals surface area (Å²) >= 11 is 1.13. The predicted octanol–water partition coefficient (Wildman–Crippen LogP) is 10.3. The summed E-state index contributed by atoms with van der Waals surface area (Å²) in [7, 11) is -4.52. The Balaban J connectivity index is 1.04. The van der Waals surface area contributed by atoms with E-state index in [-0.39, 0.29) is 77.5 Å². The molecule has 4 aliphatic rings. The number of carbonyl (C=O) groups is 4. The van der Waals surface area contributed by atoms with Crippen LogP contribution in [0.3, 0.4) is 0 Å². The summed E-state index contributed by atoms with van der Waals surface area (Å²) in [5.41, 5.74) is 0.900. The highest BCUT2D eigenvalue weighted by atomic mass is 32.1. The van der Waals surface area contributed by atoms with E-state index in [1.54, 1.807) is 35.2 Å². The second-order valence-electron chi connectivity index (χ2n) is 19.1. The van der Waals surface area contributed by atoms with Crippen LogP contribution in [0.1, 0.15) is 124 Å². The number of carbonyl (C=O) groups excluding carboxylic acids is 4. The molecule has 3 saturated heterocycles. The van der Waals surface area contributed by atoms with Gasteiger partial charge in [0.15, 0.2) is 0 Å². The van der Waals surface area contributed by atoms with Crippen molar-refractivity contribution in [3.05, 3.63) is 101 Å². The van der Waals surface area contributed by atoms with E-state index in [4.69, 9.17) is 9.26 Å². The van der Waals surface area contributed by atoms with Gasteiger partial charge < -0.3 is 29.3 Å². The maximum absolute atomic E-state index is 16.7. The fourth-order valence-electron chi connectivity index (χ4n) is 10.6. The minimum absolute atomic E-state index is 0.0260. The Bertz CT molecular complexity index is 2510. The zero-order valence-electron chi connectivity index (χ0n) is 39.3. The molecule has 1 aromatic heterocycles. The van der Waals surface area contributed by atoms with Gasteiger partial charge in [0.1, 0.15) is 23.9 Å². The fourth-order valence-corrected chi connectivity index (χ4v) is 13.5. The molecule has 1 spiro atoms. The molecule has 2 N–H and O–H groups in total. The van der Waals surface area contributed by atoms with Crippen molar-refractivity contribution in [1.29, 1.82) is 0 Å². The summed E-state index contributed by atoms with van der Waals surface area (Å²) in [5.74, 6) is -3.67. The number of hydrogen-bond acceptors (Lipinski definition) is 9. The van der Waals surface area contributed by atoms with Gasteiger partial charge in [0, 0.05) is 41.2 Å². The summed E-state index contributed by atoms with van der Waals surface area (Å²) < 4.78 is 82.6. The third-order valence-electron chi connectivity index (χ3n) is 14.3. The van der Waals surface area contributed by atoms with Gasteiger partial charge in [-0.1, -0.05) is 68.4 Å². The molecule has 8 rings (SSSR count). The van der Waals surface area contributed by atoms with Crippen LogP contribution < -0.4 is 14.9 Å². The highest BCUT2D eigenvalue weighted by molar-refractivity contribution is 7.57. The number of nitrogens with one attached hydrogen (secondary N) is 2. The molecule has 0 bridgehead atoms. The number of hydrogen-bond donors (Lipinski definition) is 2. The van der Waals surface area contributed by atoms with Crippen LogP contribution >= 0.6 is 18.9 Å². The number of benzene rings is 3. The first kappa shape index (κ1) is 50.6. The summed E-state index contributed by atoms with van der Waals surface area (Å²) in [6.07, 6.45) is 0.0819. The number of rotatable bonds is 18. The van der Waals surface area contributed by atoms with Crippen LogP contribution in [0.5, 0.6) is 5.75 Å². The van der Waals surface area contributed by atoms with Crippen molar-refractivity contribution in [2.24, 2.45) is 0 Å². The molecule has 372 valence electrons. The molecule has 4 aromatic rings. The maximum atomic E-state index is 16.7. The van der Waals surface area contributed by atoms with E-state index >= 15 is 4.39 Å². The van der Waals surface area contributed by atoms with Gasteiger partial charge in [0.05, 0.1) is 11.5 Å². The quantitative estimate of drug-likeness (QED) is 0.0567. The van der Waals surface area contributed by atoms with Crippen molar-refractivity contribution < 1.29 is 50.6 Å². The summed E-state index contributed by atoms with van der Waals surface area (Å²) in [6, 6.07) is 20.8. The van der Waals surface area contributed by atoms with Crippen LogP contribution in [0, 0.1) is 0 Å². The highest BCUT2D eigenvalue weighted by Crippen LogP contribution is 2.58. The molecule has 1 unspecified atom stereocenters. The van der Waals surface area contributed by atoms with E-state index in [1.807, 2.05) is 41.8 Å². The molecule has 3 amide bonds. The molecule has 12 nitrogen and oxygen atoms in total. The van der Waals surface area contributed by atoms with E-state index in [1.165, 1.54) is 36.8 Å². The highest BCUT2D eigenvalue weighted by Gasteiger charge is 2.58. The average Bonchev–Trinajstić information content (AvgIpc) is 3.60. The van der Waals surface area contributed by atoms with Crippen molar-refractivity contribution in [2.75, 3.05) is 26.2 Å². The number of thiophene rings is 1. The van der Waals surface area contributed by atoms with Crippen molar-refractivity contribution in [3.63, 3.8) is 0 Å². The van der Waals surface area contributed by atoms with Crippen molar-refractivity contribution in [2.45, 2.75) is 145 Å². The Morgan fingerprint density at radius 1 is 0.971 bits per heavy atom. The van der Waals surface area contributed by atoms with Crippen LogP contribution in [0.15, 0.2) is 84.9 Å². The van der Waals surface area contributed by atoms with Gasteiger partial charge in [0.2, 0.25) is 17.7 Å². The number of nitrogens with zero attached hydrogens (tertiary/aromatic N) is 3. The van der Waals surface area contributed by atoms with Crippen molar-refractivity contribution in [3.8, 4) is 5.75 Å². The van der Waals surface area contributed by atoms with Crippen LogP contribution in [0.4, 0.5) is 17.6 Å². The van der Waals surface area contributed by atoms with Gasteiger partial charge in [-0.2, -0.15) is 13.2 Å². The Labute approximate surface area is 405 Å². The predicted molar refractivity (Wildman–Crippen MR) is 257 cm³/mol. The molecule has 1 aliphatic carbocycles. The van der Waals surface area contributed by atoms with Crippen molar-refractivity contribution >= 4 is 52.6 Å². The average molecular weight is 996 g/mol. The minimum atomic E-state index is -4.52. The number of esters is 1. The van der Waals surface area contributed by atoms with E-state index < -0.39 is 56.0 Å². The lowest BCUT2D eigenvalue weighted by Crippen LogP contribution is -2.59. The SMILES string of the molecule is CCCOC(=O)[C@H](C)NP(=O)(Oc1ccccc1)[C@H](F)c1ccc2sc(C(=O)N[C@H]3CC[C@H](N(CC)CCCC(F)(F)F)C[C@H]4CC[C@@H](C(=O)N5C[C@H](c6ccccc6)CC56CC6)N4C3=O)cc2c1. The number of likely N-dealkylation sites (tertiary alicyclic amines) is 1. The summed E-state index contributed by atoms with van der Waals surface area (Å²) in [4.78, 5) is 62.7. The zero-order chi connectivity index (χ0) is 49.1. The van der Waals surface area contributed by atoms with E-state index in [0.717, 1.165) is 30.6 Å². The molecule has 3 aliphatic heterocycles. The normalized spacial score (nSPS) is 24.1. The van der Waals surface area contributed by atoms with Gasteiger partial charge in [-0.15, -0.1) is 11.3 Å². The molecule has 0 radical (unpaired) electrons. The number of alkyl halides is 4. The van der Waals surface area contributed by atoms with Gasteiger partial charge in [-0.05, 0) is 131 Å². The largest absolute Gasteiger partial charge is 0.465 e. The van der Waals surface area contributed by atoms with Crippen LogP contribution in [0.25, 0.3) is 10.1 Å². The molecule has 8 atom stereocenters. The molecule has 1 saturated carbocycles. The second-order valence-corrected chi connectivity index (χ2v) is 22.3. The number of ether oxygens (including phenoxy) is 1. The molecule has 18 heteroatoms. The first-order chi connectivity index (χ1) is 33.0. The van der Waals surface area contributed by atoms with E-state index in [0.29, 0.717) is 55.3 Å². The molecule has 4 fully saturated rings. The van der Waals surface area contributed by atoms with Gasteiger partial charge in [-0.3, -0.25) is 23.7 Å². The molecule has 69 heavy (non-hydrogen) atoms. The number of para-hydroxylation sites is 1. The van der Waals surface area contributed by atoms with Crippen LogP contribution in [-0.2, 0) is 23.7 Å². The first-order valence-electron chi connectivity index (χ1n) is 24.3. The summed E-state index contributed by atoms with van der Waals surface area (Å²) in [6.45, 7) is 6.55. The fraction of sp³-hybridized carbons (Fsp3) is 0.529. The van der Waals surface area contributed by atoms with Gasteiger partial charge >= 0.3 is 19.7 Å². The molecular formula is C51H62F4N5O7PS. The Hall–Kier alpha value is -4.83. The zero-order valence-corrected chi connectivity index (χ0v) is 41.0. The monoisotopic (exact) mass is 995 g/mol. The lowest BCUT2D eigenvalue weighted by Gasteiger charge is -2.41. The standard InChI is InChI=1S/C51H62F4N5O7PS/c1-4-27-66-49(64)33(3)57-68(65,67-40-15-10-7-11-16-40)45(52)35-17-22-43-36(28-35)29-44(69-43)46(61)56-41-20-18-38(58(5-2)26-12-23-51(53,54)55)30-39-19-21-42(60(39)47(41)62)48(63)59-32-37(31-50(59)24-25-50)34-13-8-6-9-14-34/h6-11,13-17,22,28-29,33,37-39,41-42,45H,4-5,12,18-21,23-27,30-32H2,1-3H3,(H,56,61)(H,57,65)/t33-,37+,38-,39+,41-,42-,45-,68?/m0/s1. The molecular weight excluding hydrogens is 934 g/mol. The van der Waals surface area contributed by atoms with Gasteiger partial charge in [0.25, 0.3) is 5.91 Å². The Morgan fingerprint density at radius 2 is 1.70 bits per heavy atom. The maximum Gasteiger partial charge on any atom is 0.389 e. The number of amides is 3. The lowest BCUT2D eigenvalue weighted by molar-refractivity contribution is -0.148. The van der Waals surface area contributed by atoms with Crippen molar-refractivity contribution in [1.82, 2.24) is 25.1 Å². The van der Waals surface area contributed by atoms with E-state index in [9.17, 15) is 36.9 Å². The minimum Gasteiger partial charge on any atom is -0.465 e. The third kappa shape index (κ3) is 11.5. The number of halogens is 4. The second kappa shape index (κ2) is 21.3. The summed E-state index contributed by atoms with van der Waals surface area (Å²) in [5, 5.41) is 6.03. The Morgan fingerprint density at radius 3 is 2.38 bits per heavy atom. The smallest absolute Gasteiger partial charge is 0.389 e. The topological polar surface area (TPSA) is 138 Å². The lowest BCUT2D eigenvalue weighted by atomic mass is 9.93. The van der Waals surface area contributed by atoms with E-state index in [2.05, 4.69) is 22.5 Å². The molecule has 3 aromatic carbocycles. The Kier molecular flexibility index (Phi) is 15.6. The first-order valence-corrected chi connectivity index (χ1v) is 26.8. The van der Waals surface area contributed by atoms with Gasteiger partial charge in [-0.25, -0.2) is 9.48 Å². The van der Waals surface area contributed by atoms with Crippen LogP contribution in [-0.4, -0.2) is 107 Å².